The standard InChI is InChI=1S/C22H22FNO3/c1-14-3-2-10-24(12-14)13-18-19(25)9-8-17-21(26)20(27-22(17)18)11-15-4-6-16(23)7-5-15/h4-9,11,14,25H,2-3,10,12-13H2,1H3/b20-11-/t14-/m0/s1. The van der Waals surface area contributed by atoms with Crippen LogP contribution in [0.15, 0.2) is 42.2 Å². The Labute approximate surface area is 157 Å². The highest BCUT2D eigenvalue weighted by Crippen LogP contribution is 2.40. The van der Waals surface area contributed by atoms with Crippen molar-refractivity contribution < 1.29 is 19.0 Å². The molecule has 0 bridgehead atoms. The summed E-state index contributed by atoms with van der Waals surface area (Å²) in [4.78, 5) is 15.0. The van der Waals surface area contributed by atoms with Crippen molar-refractivity contribution in [3.8, 4) is 11.5 Å². The molecule has 0 aromatic heterocycles. The molecule has 5 heteroatoms. The number of likely N-dealkylation sites (tertiary alicyclic amines) is 1. The Hall–Kier alpha value is -2.66. The van der Waals surface area contributed by atoms with Crippen LogP contribution in [0.3, 0.4) is 0 Å². The number of halogens is 1. The van der Waals surface area contributed by atoms with Gasteiger partial charge in [0, 0.05) is 13.1 Å². The largest absolute Gasteiger partial charge is 0.507 e. The Kier molecular flexibility index (Phi) is 4.70. The predicted octanol–water partition coefficient (Wildman–Crippen LogP) is 4.38. The summed E-state index contributed by atoms with van der Waals surface area (Å²) in [5.41, 5.74) is 1.79. The third-order valence-corrected chi connectivity index (χ3v) is 5.21. The maximum absolute atomic E-state index is 13.1. The smallest absolute Gasteiger partial charge is 0.231 e. The summed E-state index contributed by atoms with van der Waals surface area (Å²) < 4.78 is 19.0. The van der Waals surface area contributed by atoms with Gasteiger partial charge in [0.05, 0.1) is 11.1 Å². The van der Waals surface area contributed by atoms with Crippen LogP contribution < -0.4 is 4.74 Å². The first-order chi connectivity index (χ1) is 13.0. The molecule has 2 aromatic carbocycles. The highest BCUT2D eigenvalue weighted by Gasteiger charge is 2.32. The SMILES string of the molecule is C[C@H]1CCCN(Cc2c(O)ccc3c2O/C(=C\c2ccc(F)cc2)C3=O)C1. The van der Waals surface area contributed by atoms with Crippen LogP contribution >= 0.6 is 0 Å². The first-order valence-electron chi connectivity index (χ1n) is 9.28. The number of piperidine rings is 1. The number of benzene rings is 2. The van der Waals surface area contributed by atoms with Gasteiger partial charge in [0.1, 0.15) is 17.3 Å². The van der Waals surface area contributed by atoms with Crippen LogP contribution in [0, 0.1) is 11.7 Å². The highest BCUT2D eigenvalue weighted by molar-refractivity contribution is 6.15. The molecular weight excluding hydrogens is 345 g/mol. The molecule has 27 heavy (non-hydrogen) atoms. The van der Waals surface area contributed by atoms with Crippen LogP contribution in [-0.2, 0) is 6.54 Å². The van der Waals surface area contributed by atoms with E-state index in [2.05, 4.69) is 11.8 Å². The quantitative estimate of drug-likeness (QED) is 0.818. The second-order valence-electron chi connectivity index (χ2n) is 7.41. The van der Waals surface area contributed by atoms with Crippen LogP contribution in [0.5, 0.6) is 11.5 Å². The van der Waals surface area contributed by atoms with Crippen molar-refractivity contribution >= 4 is 11.9 Å². The van der Waals surface area contributed by atoms with Crippen LogP contribution in [0.2, 0.25) is 0 Å². The molecule has 2 heterocycles. The molecular formula is C22H22FNO3. The van der Waals surface area contributed by atoms with Gasteiger partial charge in [-0.2, -0.15) is 0 Å². The van der Waals surface area contributed by atoms with Gasteiger partial charge in [-0.05, 0) is 61.2 Å². The third-order valence-electron chi connectivity index (χ3n) is 5.21. The van der Waals surface area contributed by atoms with E-state index in [0.29, 0.717) is 34.9 Å². The number of ketones is 1. The van der Waals surface area contributed by atoms with Gasteiger partial charge < -0.3 is 9.84 Å². The number of phenolic OH excluding ortho intramolecular Hbond substituents is 1. The van der Waals surface area contributed by atoms with Crippen LogP contribution in [-0.4, -0.2) is 28.9 Å². The number of ether oxygens (including phenoxy) is 1. The summed E-state index contributed by atoms with van der Waals surface area (Å²) in [6, 6.07) is 9.02. The Bertz CT molecular complexity index is 905. The van der Waals surface area contributed by atoms with E-state index in [1.165, 1.54) is 18.6 Å². The molecule has 1 atom stereocenters. The van der Waals surface area contributed by atoms with E-state index in [1.807, 2.05) is 0 Å². The van der Waals surface area contributed by atoms with Gasteiger partial charge in [-0.15, -0.1) is 0 Å². The lowest BCUT2D eigenvalue weighted by Crippen LogP contribution is -2.33. The number of carbonyl (C=O) groups is 1. The van der Waals surface area contributed by atoms with Crippen LogP contribution in [0.25, 0.3) is 6.08 Å². The minimum atomic E-state index is -0.331. The van der Waals surface area contributed by atoms with Crippen molar-refractivity contribution in [1.29, 1.82) is 0 Å². The molecule has 1 saturated heterocycles. The number of aromatic hydroxyl groups is 1. The molecule has 1 N–H and O–H groups in total. The molecule has 140 valence electrons. The lowest BCUT2D eigenvalue weighted by Gasteiger charge is -2.31. The van der Waals surface area contributed by atoms with Crippen LogP contribution in [0.1, 0.15) is 41.3 Å². The van der Waals surface area contributed by atoms with Crippen molar-refractivity contribution in [3.63, 3.8) is 0 Å². The van der Waals surface area contributed by atoms with Crippen molar-refractivity contribution in [2.75, 3.05) is 13.1 Å². The van der Waals surface area contributed by atoms with E-state index < -0.39 is 0 Å². The second kappa shape index (κ2) is 7.16. The summed E-state index contributed by atoms with van der Waals surface area (Å²) >= 11 is 0. The number of hydrogen-bond donors (Lipinski definition) is 1. The second-order valence-corrected chi connectivity index (χ2v) is 7.41. The molecule has 1 fully saturated rings. The van der Waals surface area contributed by atoms with Gasteiger partial charge in [0.2, 0.25) is 5.78 Å². The van der Waals surface area contributed by atoms with E-state index in [0.717, 1.165) is 19.5 Å². The summed E-state index contributed by atoms with van der Waals surface area (Å²) in [5.74, 6) is 0.837. The molecule has 0 amide bonds. The fourth-order valence-electron chi connectivity index (χ4n) is 3.81. The van der Waals surface area contributed by atoms with Gasteiger partial charge in [-0.1, -0.05) is 19.1 Å². The van der Waals surface area contributed by atoms with E-state index in [9.17, 15) is 14.3 Å². The molecule has 0 radical (unpaired) electrons. The number of nitrogens with zero attached hydrogens (tertiary/aromatic N) is 1. The van der Waals surface area contributed by atoms with E-state index in [1.54, 1.807) is 30.3 Å². The number of allylic oxidation sites excluding steroid dienone is 1. The number of carbonyl (C=O) groups excluding carboxylic acids is 1. The summed E-state index contributed by atoms with van der Waals surface area (Å²) in [5, 5.41) is 10.4. The molecule has 0 unspecified atom stereocenters. The molecule has 0 aliphatic carbocycles. The predicted molar refractivity (Wildman–Crippen MR) is 101 cm³/mol. The van der Waals surface area contributed by atoms with E-state index in [-0.39, 0.29) is 23.1 Å². The number of hydrogen-bond acceptors (Lipinski definition) is 4. The summed E-state index contributed by atoms with van der Waals surface area (Å²) in [6.45, 7) is 4.72. The normalized spacial score (nSPS) is 21.3. The highest BCUT2D eigenvalue weighted by atomic mass is 19.1. The first-order valence-corrected chi connectivity index (χ1v) is 9.28. The number of fused-ring (bicyclic) bond motifs is 1. The topological polar surface area (TPSA) is 49.8 Å². The Morgan fingerprint density at radius 3 is 2.78 bits per heavy atom. The van der Waals surface area contributed by atoms with Gasteiger partial charge in [0.15, 0.2) is 5.76 Å². The molecule has 4 rings (SSSR count). The van der Waals surface area contributed by atoms with Gasteiger partial charge in [-0.3, -0.25) is 9.69 Å². The Balaban J connectivity index is 1.63. The van der Waals surface area contributed by atoms with Crippen molar-refractivity contribution in [1.82, 2.24) is 4.90 Å². The van der Waals surface area contributed by atoms with Gasteiger partial charge in [-0.25, -0.2) is 4.39 Å². The summed E-state index contributed by atoms with van der Waals surface area (Å²) in [6.07, 6.45) is 3.95. The fraction of sp³-hybridized carbons (Fsp3) is 0.318. The van der Waals surface area contributed by atoms with Crippen LogP contribution in [0.4, 0.5) is 4.39 Å². The lowest BCUT2D eigenvalue weighted by atomic mass is 9.99. The van der Waals surface area contributed by atoms with Gasteiger partial charge in [0.25, 0.3) is 0 Å². The molecule has 2 aromatic rings. The fourth-order valence-corrected chi connectivity index (χ4v) is 3.81. The lowest BCUT2D eigenvalue weighted by molar-refractivity contribution is 0.101. The first kappa shape index (κ1) is 17.7. The average molecular weight is 367 g/mol. The third kappa shape index (κ3) is 3.60. The van der Waals surface area contributed by atoms with E-state index in [4.69, 9.17) is 4.74 Å². The van der Waals surface area contributed by atoms with Crippen molar-refractivity contribution in [3.05, 3.63) is 64.7 Å². The molecule has 4 nitrogen and oxygen atoms in total. The summed E-state index contributed by atoms with van der Waals surface area (Å²) in [7, 11) is 0. The zero-order valence-corrected chi connectivity index (χ0v) is 15.2. The molecule has 0 saturated carbocycles. The average Bonchev–Trinajstić information content (AvgIpc) is 2.96. The number of phenols is 1. The minimum Gasteiger partial charge on any atom is -0.507 e. The van der Waals surface area contributed by atoms with Gasteiger partial charge >= 0.3 is 0 Å². The number of Topliss-reactive ketones (excluding diaryl/α,β-unsaturated/α-hetero) is 1. The van der Waals surface area contributed by atoms with E-state index >= 15 is 0 Å². The van der Waals surface area contributed by atoms with Crippen molar-refractivity contribution in [2.45, 2.75) is 26.3 Å². The minimum absolute atomic E-state index is 0.141. The number of rotatable bonds is 3. The monoisotopic (exact) mass is 367 g/mol. The molecule has 0 spiro atoms. The Morgan fingerprint density at radius 2 is 2.04 bits per heavy atom. The zero-order valence-electron chi connectivity index (χ0n) is 15.2. The molecule has 2 aliphatic heterocycles. The van der Waals surface area contributed by atoms with Crippen molar-refractivity contribution in [2.24, 2.45) is 5.92 Å². The maximum Gasteiger partial charge on any atom is 0.231 e. The maximum atomic E-state index is 13.1. The zero-order chi connectivity index (χ0) is 19.0. The molecule has 2 aliphatic rings. The Morgan fingerprint density at radius 1 is 1.26 bits per heavy atom.